The number of rotatable bonds is 2. The largest absolute Gasteiger partial charge is 0.313 e. The van der Waals surface area contributed by atoms with Crippen LogP contribution in [0.15, 0.2) is 36.4 Å². The van der Waals surface area contributed by atoms with E-state index in [9.17, 15) is 10.1 Å². The molecule has 0 bridgehead atoms. The van der Waals surface area contributed by atoms with E-state index in [2.05, 4.69) is 0 Å². The van der Waals surface area contributed by atoms with Gasteiger partial charge in [0.25, 0.3) is 5.69 Å². The topological polar surface area (TPSA) is 48.1 Å². The second-order valence-corrected chi connectivity index (χ2v) is 3.70. The maximum Gasteiger partial charge on any atom is 0.293 e. The molecule has 2 rings (SSSR count). The molecule has 82 valence electrons. The van der Waals surface area contributed by atoms with Gasteiger partial charge in [-0.15, -0.1) is 0 Å². The number of benzene rings is 1. The molecule has 1 heterocycles. The van der Waals surface area contributed by atoms with Crippen LogP contribution >= 0.6 is 0 Å². The Morgan fingerprint density at radius 2 is 1.62 bits per heavy atom. The lowest BCUT2D eigenvalue weighted by Gasteiger charge is -2.09. The van der Waals surface area contributed by atoms with Crippen LogP contribution in [0, 0.1) is 24.0 Å². The zero-order chi connectivity index (χ0) is 11.7. The van der Waals surface area contributed by atoms with Crippen molar-refractivity contribution < 1.29 is 4.92 Å². The zero-order valence-electron chi connectivity index (χ0n) is 9.18. The standard InChI is InChI=1S/C12H12N2O2/c1-9-7-8-10(2)13(9)11-5-3-4-6-12(11)14(15)16/h3-8H,1-2H3. The van der Waals surface area contributed by atoms with E-state index in [1.54, 1.807) is 18.2 Å². The minimum atomic E-state index is -0.353. The van der Waals surface area contributed by atoms with Gasteiger partial charge in [0.1, 0.15) is 5.69 Å². The molecule has 0 unspecified atom stereocenters. The summed E-state index contributed by atoms with van der Waals surface area (Å²) < 4.78 is 1.89. The average Bonchev–Trinajstić information content (AvgIpc) is 2.58. The molecule has 1 aromatic carbocycles. The Hall–Kier alpha value is -2.10. The molecule has 0 atom stereocenters. The van der Waals surface area contributed by atoms with Crippen molar-refractivity contribution in [3.05, 3.63) is 57.9 Å². The summed E-state index contributed by atoms with van der Waals surface area (Å²) in [7, 11) is 0. The van der Waals surface area contributed by atoms with E-state index in [-0.39, 0.29) is 10.6 Å². The summed E-state index contributed by atoms with van der Waals surface area (Å²) in [6.07, 6.45) is 0. The Kier molecular flexibility index (Phi) is 2.48. The summed E-state index contributed by atoms with van der Waals surface area (Å²) >= 11 is 0. The van der Waals surface area contributed by atoms with Crippen molar-refractivity contribution in [2.45, 2.75) is 13.8 Å². The van der Waals surface area contributed by atoms with Crippen molar-refractivity contribution in [1.82, 2.24) is 4.57 Å². The van der Waals surface area contributed by atoms with E-state index in [1.165, 1.54) is 6.07 Å². The normalized spacial score (nSPS) is 10.4. The van der Waals surface area contributed by atoms with Crippen molar-refractivity contribution in [3.8, 4) is 5.69 Å². The smallest absolute Gasteiger partial charge is 0.293 e. The van der Waals surface area contributed by atoms with E-state index in [0.717, 1.165) is 11.4 Å². The van der Waals surface area contributed by atoms with Crippen LogP contribution in [-0.4, -0.2) is 9.49 Å². The van der Waals surface area contributed by atoms with E-state index < -0.39 is 0 Å². The molecule has 4 heteroatoms. The fourth-order valence-corrected chi connectivity index (χ4v) is 1.86. The van der Waals surface area contributed by atoms with Gasteiger partial charge in [-0.3, -0.25) is 10.1 Å². The van der Waals surface area contributed by atoms with E-state index >= 15 is 0 Å². The Bertz CT molecular complexity index is 524. The third-order valence-electron chi connectivity index (χ3n) is 2.59. The number of hydrogen-bond donors (Lipinski definition) is 0. The van der Waals surface area contributed by atoms with Crippen LogP contribution in [0.5, 0.6) is 0 Å². The summed E-state index contributed by atoms with van der Waals surface area (Å²) in [6, 6.07) is 10.7. The molecule has 0 aliphatic rings. The minimum absolute atomic E-state index is 0.130. The Balaban J connectivity index is 2.69. The van der Waals surface area contributed by atoms with Gasteiger partial charge in [0.2, 0.25) is 0 Å². The van der Waals surface area contributed by atoms with Gasteiger partial charge < -0.3 is 4.57 Å². The third-order valence-corrected chi connectivity index (χ3v) is 2.59. The highest BCUT2D eigenvalue weighted by Crippen LogP contribution is 2.25. The molecular weight excluding hydrogens is 204 g/mol. The van der Waals surface area contributed by atoms with Gasteiger partial charge in [0, 0.05) is 17.5 Å². The maximum atomic E-state index is 10.9. The van der Waals surface area contributed by atoms with Crippen molar-refractivity contribution in [2.24, 2.45) is 0 Å². The molecule has 4 nitrogen and oxygen atoms in total. The van der Waals surface area contributed by atoms with Gasteiger partial charge in [0.15, 0.2) is 0 Å². The molecule has 0 amide bonds. The number of nitro benzene ring substituents is 1. The van der Waals surface area contributed by atoms with Crippen LogP contribution in [0.4, 0.5) is 5.69 Å². The van der Waals surface area contributed by atoms with Gasteiger partial charge in [-0.25, -0.2) is 0 Å². The number of nitrogens with zero attached hydrogens (tertiary/aromatic N) is 2. The summed E-state index contributed by atoms with van der Waals surface area (Å²) in [5.74, 6) is 0. The first-order valence-corrected chi connectivity index (χ1v) is 5.00. The number of nitro groups is 1. The van der Waals surface area contributed by atoms with Crippen molar-refractivity contribution in [3.63, 3.8) is 0 Å². The van der Waals surface area contributed by atoms with Crippen LogP contribution in [0.25, 0.3) is 5.69 Å². The highest BCUT2D eigenvalue weighted by molar-refractivity contribution is 5.54. The number of aryl methyl sites for hydroxylation is 2. The van der Waals surface area contributed by atoms with Crippen LogP contribution < -0.4 is 0 Å². The quantitative estimate of drug-likeness (QED) is 0.572. The van der Waals surface area contributed by atoms with Crippen molar-refractivity contribution in [1.29, 1.82) is 0 Å². The second-order valence-electron chi connectivity index (χ2n) is 3.70. The molecule has 2 aromatic rings. The summed E-state index contributed by atoms with van der Waals surface area (Å²) in [4.78, 5) is 10.6. The maximum absolute atomic E-state index is 10.9. The van der Waals surface area contributed by atoms with Crippen LogP contribution in [0.1, 0.15) is 11.4 Å². The lowest BCUT2D eigenvalue weighted by atomic mass is 10.2. The monoisotopic (exact) mass is 216 g/mol. The van der Waals surface area contributed by atoms with E-state index in [4.69, 9.17) is 0 Å². The first kappa shape index (κ1) is 10.4. The lowest BCUT2D eigenvalue weighted by molar-refractivity contribution is -0.384. The van der Waals surface area contributed by atoms with Gasteiger partial charge in [0.05, 0.1) is 4.92 Å². The predicted octanol–water partition coefficient (Wildman–Crippen LogP) is 3.00. The van der Waals surface area contributed by atoms with Gasteiger partial charge in [-0.1, -0.05) is 12.1 Å². The van der Waals surface area contributed by atoms with Crippen LogP contribution in [-0.2, 0) is 0 Å². The molecule has 0 aliphatic carbocycles. The second kappa shape index (κ2) is 3.81. The van der Waals surface area contributed by atoms with Crippen LogP contribution in [0.3, 0.4) is 0 Å². The van der Waals surface area contributed by atoms with E-state index in [1.807, 2.05) is 30.5 Å². The first-order chi connectivity index (χ1) is 7.61. The molecule has 0 saturated heterocycles. The van der Waals surface area contributed by atoms with Gasteiger partial charge in [-0.05, 0) is 32.0 Å². The average molecular weight is 216 g/mol. The SMILES string of the molecule is Cc1ccc(C)n1-c1ccccc1[N+](=O)[O-]. The molecular formula is C12H12N2O2. The third kappa shape index (κ3) is 1.58. The van der Waals surface area contributed by atoms with Gasteiger partial charge in [-0.2, -0.15) is 0 Å². The fraction of sp³-hybridized carbons (Fsp3) is 0.167. The summed E-state index contributed by atoms with van der Waals surface area (Å²) in [6.45, 7) is 3.87. The Morgan fingerprint density at radius 3 is 2.19 bits per heavy atom. The highest BCUT2D eigenvalue weighted by atomic mass is 16.6. The fourth-order valence-electron chi connectivity index (χ4n) is 1.86. The number of aromatic nitrogens is 1. The molecule has 0 spiro atoms. The van der Waals surface area contributed by atoms with E-state index in [0.29, 0.717) is 5.69 Å². The van der Waals surface area contributed by atoms with Crippen LogP contribution in [0.2, 0.25) is 0 Å². The highest BCUT2D eigenvalue weighted by Gasteiger charge is 2.15. The molecule has 0 N–H and O–H groups in total. The Labute approximate surface area is 93.3 Å². The molecule has 0 radical (unpaired) electrons. The first-order valence-electron chi connectivity index (χ1n) is 5.00. The summed E-state index contributed by atoms with van der Waals surface area (Å²) in [5.41, 5.74) is 2.73. The van der Waals surface area contributed by atoms with Gasteiger partial charge >= 0.3 is 0 Å². The zero-order valence-corrected chi connectivity index (χ0v) is 9.18. The minimum Gasteiger partial charge on any atom is -0.313 e. The summed E-state index contributed by atoms with van der Waals surface area (Å²) in [5, 5.41) is 10.9. The predicted molar refractivity (Wildman–Crippen MR) is 61.9 cm³/mol. The molecule has 16 heavy (non-hydrogen) atoms. The molecule has 0 aliphatic heterocycles. The Morgan fingerprint density at radius 1 is 1.06 bits per heavy atom. The number of hydrogen-bond acceptors (Lipinski definition) is 2. The number of para-hydroxylation sites is 2. The molecule has 0 fully saturated rings. The van der Waals surface area contributed by atoms with Crippen molar-refractivity contribution in [2.75, 3.05) is 0 Å². The molecule has 1 aromatic heterocycles. The lowest BCUT2D eigenvalue weighted by Crippen LogP contribution is -2.02. The molecule has 0 saturated carbocycles. The van der Waals surface area contributed by atoms with Crippen molar-refractivity contribution >= 4 is 5.69 Å².